The summed E-state index contributed by atoms with van der Waals surface area (Å²) in [5.74, 6) is 0. The third-order valence-corrected chi connectivity index (χ3v) is 5.15. The smallest absolute Gasteiger partial charge is 0.322 e. The number of thiophene rings is 1. The van der Waals surface area contributed by atoms with Gasteiger partial charge in [-0.15, -0.1) is 11.3 Å². The molecule has 1 N–H and O–H groups in total. The number of amides is 2. The number of ether oxygens (including phenoxy) is 1. The monoisotopic (exact) mass is 334 g/mol. The highest BCUT2D eigenvalue weighted by Crippen LogP contribution is 2.35. The van der Waals surface area contributed by atoms with Gasteiger partial charge in [-0.05, 0) is 29.9 Å². The van der Waals surface area contributed by atoms with Crippen LogP contribution in [0.2, 0.25) is 0 Å². The van der Waals surface area contributed by atoms with Crippen LogP contribution >= 0.6 is 11.3 Å². The standard InChI is InChI=1S/C16H22N4O2S/c1-3-14-13-5-9-23-15(13)4-6-20(14)16(21)18-12-10-17-19(11-12)7-8-22-2/h5,9-11,14H,3-4,6-8H2,1-2H3,(H,18,21). The second-order valence-corrected chi connectivity index (χ2v) is 6.58. The molecule has 2 amide bonds. The van der Waals surface area contributed by atoms with Crippen molar-refractivity contribution in [3.05, 3.63) is 34.3 Å². The first-order valence-electron chi connectivity index (χ1n) is 7.88. The highest BCUT2D eigenvalue weighted by molar-refractivity contribution is 7.10. The Morgan fingerprint density at radius 2 is 2.43 bits per heavy atom. The second-order valence-electron chi connectivity index (χ2n) is 5.58. The summed E-state index contributed by atoms with van der Waals surface area (Å²) in [5, 5.41) is 9.31. The lowest BCUT2D eigenvalue weighted by Gasteiger charge is -2.35. The number of hydrogen-bond acceptors (Lipinski definition) is 4. The van der Waals surface area contributed by atoms with Crippen molar-refractivity contribution < 1.29 is 9.53 Å². The molecule has 0 aliphatic carbocycles. The molecule has 0 fully saturated rings. The van der Waals surface area contributed by atoms with Crippen LogP contribution in [0.15, 0.2) is 23.8 Å². The molecule has 0 saturated carbocycles. The van der Waals surface area contributed by atoms with Crippen LogP contribution < -0.4 is 5.32 Å². The van der Waals surface area contributed by atoms with E-state index in [1.807, 2.05) is 11.1 Å². The Hall–Kier alpha value is -1.86. The van der Waals surface area contributed by atoms with Crippen LogP contribution in [0.4, 0.5) is 10.5 Å². The van der Waals surface area contributed by atoms with Crippen molar-refractivity contribution in [1.82, 2.24) is 14.7 Å². The van der Waals surface area contributed by atoms with E-state index < -0.39 is 0 Å². The Morgan fingerprint density at radius 3 is 3.22 bits per heavy atom. The largest absolute Gasteiger partial charge is 0.383 e. The molecule has 1 aliphatic rings. The lowest BCUT2D eigenvalue weighted by molar-refractivity contribution is 0.181. The zero-order valence-electron chi connectivity index (χ0n) is 13.5. The van der Waals surface area contributed by atoms with Gasteiger partial charge in [0, 0.05) is 24.7 Å². The van der Waals surface area contributed by atoms with Crippen molar-refractivity contribution in [3.8, 4) is 0 Å². The van der Waals surface area contributed by atoms with Gasteiger partial charge < -0.3 is 15.0 Å². The SMILES string of the molecule is CCC1c2ccsc2CCN1C(=O)Nc1cnn(CCOC)c1. The van der Waals surface area contributed by atoms with Gasteiger partial charge in [0.05, 0.1) is 31.1 Å². The highest BCUT2D eigenvalue weighted by atomic mass is 32.1. The molecule has 3 heterocycles. The zero-order valence-corrected chi connectivity index (χ0v) is 14.3. The number of methoxy groups -OCH3 is 1. The lowest BCUT2D eigenvalue weighted by atomic mass is 9.98. The minimum atomic E-state index is -0.0556. The fourth-order valence-electron chi connectivity index (χ4n) is 3.01. The predicted molar refractivity (Wildman–Crippen MR) is 90.9 cm³/mol. The van der Waals surface area contributed by atoms with Gasteiger partial charge in [0.2, 0.25) is 0 Å². The number of carbonyl (C=O) groups excluding carboxylic acids is 1. The Balaban J connectivity index is 1.67. The molecule has 0 bridgehead atoms. The molecular weight excluding hydrogens is 312 g/mol. The first-order valence-corrected chi connectivity index (χ1v) is 8.76. The molecule has 23 heavy (non-hydrogen) atoms. The van der Waals surface area contributed by atoms with E-state index in [-0.39, 0.29) is 12.1 Å². The van der Waals surface area contributed by atoms with Crippen LogP contribution in [0, 0.1) is 0 Å². The number of nitrogens with one attached hydrogen (secondary N) is 1. The Labute approximate surface area is 140 Å². The first-order chi connectivity index (χ1) is 11.2. The van der Waals surface area contributed by atoms with E-state index in [9.17, 15) is 4.79 Å². The summed E-state index contributed by atoms with van der Waals surface area (Å²) >= 11 is 1.79. The summed E-state index contributed by atoms with van der Waals surface area (Å²) in [6, 6.07) is 2.25. The average molecular weight is 334 g/mol. The molecular formula is C16H22N4O2S. The number of carbonyl (C=O) groups is 1. The molecule has 0 saturated heterocycles. The summed E-state index contributed by atoms with van der Waals surface area (Å²) in [6.45, 7) is 4.15. The van der Waals surface area contributed by atoms with E-state index in [0.29, 0.717) is 13.2 Å². The van der Waals surface area contributed by atoms with Gasteiger partial charge >= 0.3 is 6.03 Å². The number of hydrogen-bond donors (Lipinski definition) is 1. The number of fused-ring (bicyclic) bond motifs is 1. The third kappa shape index (κ3) is 3.40. The molecule has 0 spiro atoms. The molecule has 6 nitrogen and oxygen atoms in total. The van der Waals surface area contributed by atoms with E-state index in [4.69, 9.17) is 4.74 Å². The molecule has 3 rings (SSSR count). The van der Waals surface area contributed by atoms with Gasteiger partial charge in [0.15, 0.2) is 0 Å². The number of urea groups is 1. The highest BCUT2D eigenvalue weighted by Gasteiger charge is 2.30. The molecule has 1 aliphatic heterocycles. The van der Waals surface area contributed by atoms with Crippen LogP contribution in [0.1, 0.15) is 29.8 Å². The Bertz CT molecular complexity index is 667. The Morgan fingerprint density at radius 1 is 1.57 bits per heavy atom. The fraction of sp³-hybridized carbons (Fsp3) is 0.500. The quantitative estimate of drug-likeness (QED) is 0.914. The van der Waals surface area contributed by atoms with Crippen LogP contribution in [0.5, 0.6) is 0 Å². The van der Waals surface area contributed by atoms with Gasteiger partial charge in [-0.2, -0.15) is 5.10 Å². The summed E-state index contributed by atoms with van der Waals surface area (Å²) in [5.41, 5.74) is 2.02. The van der Waals surface area contributed by atoms with Crippen molar-refractivity contribution in [2.24, 2.45) is 0 Å². The van der Waals surface area contributed by atoms with Crippen molar-refractivity contribution in [2.45, 2.75) is 32.4 Å². The van der Waals surface area contributed by atoms with Crippen LogP contribution in [-0.4, -0.2) is 41.0 Å². The lowest BCUT2D eigenvalue weighted by Crippen LogP contribution is -2.41. The van der Waals surface area contributed by atoms with Crippen molar-refractivity contribution >= 4 is 23.1 Å². The number of anilines is 1. The number of aromatic nitrogens is 2. The topological polar surface area (TPSA) is 59.4 Å². The minimum absolute atomic E-state index is 0.0556. The molecule has 1 atom stereocenters. The van der Waals surface area contributed by atoms with E-state index in [1.165, 1.54) is 10.4 Å². The first kappa shape index (κ1) is 16.0. The normalized spacial score (nSPS) is 17.1. The maximum atomic E-state index is 12.6. The van der Waals surface area contributed by atoms with Crippen molar-refractivity contribution in [1.29, 1.82) is 0 Å². The Kier molecular flexibility index (Phi) is 4.97. The zero-order chi connectivity index (χ0) is 16.2. The van der Waals surface area contributed by atoms with E-state index in [2.05, 4.69) is 28.8 Å². The van der Waals surface area contributed by atoms with E-state index >= 15 is 0 Å². The molecule has 124 valence electrons. The van der Waals surface area contributed by atoms with Gasteiger partial charge in [-0.3, -0.25) is 4.68 Å². The maximum absolute atomic E-state index is 12.6. The van der Waals surface area contributed by atoms with Gasteiger partial charge in [0.1, 0.15) is 0 Å². The second kappa shape index (κ2) is 7.14. The molecule has 2 aromatic heterocycles. The van der Waals surface area contributed by atoms with Gasteiger partial charge in [-0.25, -0.2) is 4.79 Å². The minimum Gasteiger partial charge on any atom is -0.383 e. The molecule has 0 aromatic carbocycles. The molecule has 2 aromatic rings. The third-order valence-electron chi connectivity index (χ3n) is 4.15. The van der Waals surface area contributed by atoms with Crippen LogP contribution in [0.25, 0.3) is 0 Å². The maximum Gasteiger partial charge on any atom is 0.322 e. The summed E-state index contributed by atoms with van der Waals surface area (Å²) in [4.78, 5) is 16.0. The van der Waals surface area contributed by atoms with Crippen molar-refractivity contribution in [2.75, 3.05) is 25.6 Å². The molecule has 1 unspecified atom stereocenters. The fourth-order valence-corrected chi connectivity index (χ4v) is 3.94. The summed E-state index contributed by atoms with van der Waals surface area (Å²) in [7, 11) is 1.66. The van der Waals surface area contributed by atoms with Gasteiger partial charge in [0.25, 0.3) is 0 Å². The van der Waals surface area contributed by atoms with E-state index in [1.54, 1.807) is 29.3 Å². The number of nitrogens with zero attached hydrogens (tertiary/aromatic N) is 3. The van der Waals surface area contributed by atoms with E-state index in [0.717, 1.165) is 25.1 Å². The summed E-state index contributed by atoms with van der Waals surface area (Å²) < 4.78 is 6.80. The van der Waals surface area contributed by atoms with Crippen molar-refractivity contribution in [3.63, 3.8) is 0 Å². The molecule has 0 radical (unpaired) electrons. The predicted octanol–water partition coefficient (Wildman–Crippen LogP) is 3.13. The average Bonchev–Trinajstić information content (AvgIpc) is 3.20. The van der Waals surface area contributed by atoms with Gasteiger partial charge in [-0.1, -0.05) is 6.92 Å². The van der Waals surface area contributed by atoms with Crippen LogP contribution in [0.3, 0.4) is 0 Å². The molecule has 7 heteroatoms. The summed E-state index contributed by atoms with van der Waals surface area (Å²) in [6.07, 6.45) is 5.36. The van der Waals surface area contributed by atoms with Crippen LogP contribution in [-0.2, 0) is 17.7 Å². The number of rotatable bonds is 5.